The van der Waals surface area contributed by atoms with Crippen LogP contribution in [0.3, 0.4) is 0 Å². The first-order valence-corrected chi connectivity index (χ1v) is 7.85. The summed E-state index contributed by atoms with van der Waals surface area (Å²) in [6.45, 7) is 4.63. The van der Waals surface area contributed by atoms with Crippen molar-refractivity contribution in [3.05, 3.63) is 22.7 Å². The summed E-state index contributed by atoms with van der Waals surface area (Å²) in [7, 11) is 0. The molecule has 1 fully saturated rings. The van der Waals surface area contributed by atoms with Gasteiger partial charge in [-0.05, 0) is 12.8 Å². The quantitative estimate of drug-likeness (QED) is 0.849. The van der Waals surface area contributed by atoms with Crippen LogP contribution in [0.15, 0.2) is 6.20 Å². The molecule has 1 amide bonds. The van der Waals surface area contributed by atoms with Crippen molar-refractivity contribution in [2.75, 3.05) is 13.2 Å². The van der Waals surface area contributed by atoms with Gasteiger partial charge < -0.3 is 15.2 Å². The maximum atomic E-state index is 12.6. The molecule has 126 valence electrons. The molecule has 0 aromatic carbocycles. The molecule has 0 spiro atoms. The first kappa shape index (κ1) is 17.6. The number of carbonyl (C=O) groups excluding carboxylic acids is 1. The van der Waals surface area contributed by atoms with Gasteiger partial charge in [0.15, 0.2) is 0 Å². The normalized spacial score (nSPS) is 17.0. The van der Waals surface area contributed by atoms with Crippen molar-refractivity contribution < 1.29 is 19.4 Å². The molecule has 0 aliphatic carbocycles. The van der Waals surface area contributed by atoms with Gasteiger partial charge in [0.2, 0.25) is 0 Å². The van der Waals surface area contributed by atoms with Crippen molar-refractivity contribution >= 4 is 23.5 Å². The second kappa shape index (κ2) is 7.23. The Morgan fingerprint density at radius 3 is 2.65 bits per heavy atom. The molecule has 8 heteroatoms. The number of carboxylic acid groups (broad SMARTS) is 1. The minimum Gasteiger partial charge on any atom is -0.481 e. The summed E-state index contributed by atoms with van der Waals surface area (Å²) in [6.07, 6.45) is 2.10. The zero-order chi connectivity index (χ0) is 17.0. The van der Waals surface area contributed by atoms with Crippen LogP contribution in [0.1, 0.15) is 55.3 Å². The van der Waals surface area contributed by atoms with Crippen LogP contribution in [0, 0.1) is 0 Å². The number of carboxylic acids is 1. The average Bonchev–Trinajstić information content (AvgIpc) is 2.47. The van der Waals surface area contributed by atoms with E-state index in [-0.39, 0.29) is 23.1 Å². The fraction of sp³-hybridized carbons (Fsp3) is 0.600. The first-order valence-electron chi connectivity index (χ1n) is 7.47. The SMILES string of the molecule is CC(C)c1ncc(Cl)c(C(=O)NC2(CC(=O)O)CCOCC2)n1. The van der Waals surface area contributed by atoms with E-state index in [1.54, 1.807) is 0 Å². The standard InChI is InChI=1S/C15H20ClN3O4/c1-9(2)13-17-8-10(16)12(18-13)14(22)19-15(7-11(20)21)3-5-23-6-4-15/h8-9H,3-7H2,1-2H3,(H,19,22)(H,20,21). The molecule has 1 aliphatic heterocycles. The summed E-state index contributed by atoms with van der Waals surface area (Å²) in [5.74, 6) is -0.889. The minimum atomic E-state index is -0.969. The number of aliphatic carboxylic acids is 1. The van der Waals surface area contributed by atoms with Gasteiger partial charge in [0.1, 0.15) is 11.5 Å². The highest BCUT2D eigenvalue weighted by Crippen LogP contribution is 2.26. The van der Waals surface area contributed by atoms with Crippen molar-refractivity contribution in [2.45, 2.75) is 44.6 Å². The topological polar surface area (TPSA) is 101 Å². The molecular formula is C15H20ClN3O4. The molecule has 1 aromatic heterocycles. The highest BCUT2D eigenvalue weighted by Gasteiger charge is 2.37. The van der Waals surface area contributed by atoms with Gasteiger partial charge >= 0.3 is 5.97 Å². The average molecular weight is 342 g/mol. The van der Waals surface area contributed by atoms with Crippen molar-refractivity contribution in [3.8, 4) is 0 Å². The van der Waals surface area contributed by atoms with E-state index in [4.69, 9.17) is 21.4 Å². The third kappa shape index (κ3) is 4.39. The molecule has 2 N–H and O–H groups in total. The van der Waals surface area contributed by atoms with Crippen LogP contribution in [-0.4, -0.2) is 45.7 Å². The van der Waals surface area contributed by atoms with E-state index in [9.17, 15) is 9.59 Å². The molecule has 0 radical (unpaired) electrons. The van der Waals surface area contributed by atoms with E-state index in [1.165, 1.54) is 6.20 Å². The number of halogens is 1. The number of nitrogens with one attached hydrogen (secondary N) is 1. The largest absolute Gasteiger partial charge is 0.481 e. The summed E-state index contributed by atoms with van der Waals surface area (Å²) in [5, 5.41) is 12.1. The summed E-state index contributed by atoms with van der Waals surface area (Å²) < 4.78 is 5.27. The van der Waals surface area contributed by atoms with Gasteiger partial charge in [-0.15, -0.1) is 0 Å². The van der Waals surface area contributed by atoms with Crippen molar-refractivity contribution in [3.63, 3.8) is 0 Å². The molecule has 1 aliphatic rings. The molecule has 2 heterocycles. The molecule has 0 saturated carbocycles. The zero-order valence-electron chi connectivity index (χ0n) is 13.1. The highest BCUT2D eigenvalue weighted by atomic mass is 35.5. The summed E-state index contributed by atoms with van der Waals surface area (Å²) in [6, 6.07) is 0. The molecule has 23 heavy (non-hydrogen) atoms. The Morgan fingerprint density at radius 2 is 2.09 bits per heavy atom. The maximum absolute atomic E-state index is 12.6. The molecule has 0 unspecified atom stereocenters. The number of hydrogen-bond acceptors (Lipinski definition) is 5. The predicted octanol–water partition coefficient (Wildman–Crippen LogP) is 2.01. The Labute approximate surface area is 139 Å². The molecule has 7 nitrogen and oxygen atoms in total. The fourth-order valence-electron chi connectivity index (χ4n) is 2.52. The lowest BCUT2D eigenvalue weighted by atomic mass is 9.86. The zero-order valence-corrected chi connectivity index (χ0v) is 13.9. The lowest BCUT2D eigenvalue weighted by Crippen LogP contribution is -2.53. The monoisotopic (exact) mass is 341 g/mol. The van der Waals surface area contributed by atoms with Gasteiger partial charge in [0, 0.05) is 19.1 Å². The Balaban J connectivity index is 2.25. The van der Waals surface area contributed by atoms with E-state index in [2.05, 4.69) is 15.3 Å². The molecule has 0 atom stereocenters. The first-order chi connectivity index (χ1) is 10.8. The van der Waals surface area contributed by atoms with Gasteiger partial charge in [0.05, 0.1) is 23.2 Å². The van der Waals surface area contributed by atoms with Crippen LogP contribution in [0.5, 0.6) is 0 Å². The maximum Gasteiger partial charge on any atom is 0.305 e. The number of ether oxygens (including phenoxy) is 1. The summed E-state index contributed by atoms with van der Waals surface area (Å²) >= 11 is 6.04. The van der Waals surface area contributed by atoms with Gasteiger partial charge in [-0.2, -0.15) is 0 Å². The third-order valence-electron chi connectivity index (χ3n) is 3.81. The van der Waals surface area contributed by atoms with E-state index in [0.717, 1.165) is 0 Å². The van der Waals surface area contributed by atoms with Crippen molar-refractivity contribution in [2.24, 2.45) is 0 Å². The second-order valence-electron chi connectivity index (χ2n) is 6.00. The lowest BCUT2D eigenvalue weighted by molar-refractivity contribution is -0.139. The van der Waals surface area contributed by atoms with Crippen LogP contribution >= 0.6 is 11.6 Å². The second-order valence-corrected chi connectivity index (χ2v) is 6.40. The van der Waals surface area contributed by atoms with Gasteiger partial charge in [-0.1, -0.05) is 25.4 Å². The van der Waals surface area contributed by atoms with Crippen molar-refractivity contribution in [1.82, 2.24) is 15.3 Å². The highest BCUT2D eigenvalue weighted by molar-refractivity contribution is 6.33. The number of carbonyl (C=O) groups is 2. The minimum absolute atomic E-state index is 0.0508. The van der Waals surface area contributed by atoms with Gasteiger partial charge in [-0.3, -0.25) is 9.59 Å². The lowest BCUT2D eigenvalue weighted by Gasteiger charge is -2.36. The third-order valence-corrected chi connectivity index (χ3v) is 4.09. The molecule has 2 rings (SSSR count). The van der Waals surface area contributed by atoms with Gasteiger partial charge in [0.25, 0.3) is 5.91 Å². The molecule has 0 bridgehead atoms. The number of aromatic nitrogens is 2. The van der Waals surface area contributed by atoms with E-state index in [0.29, 0.717) is 31.9 Å². The number of amides is 1. The Hall–Kier alpha value is -1.73. The molecule has 1 saturated heterocycles. The van der Waals surface area contributed by atoms with Crippen LogP contribution in [0.4, 0.5) is 0 Å². The Kier molecular flexibility index (Phi) is 5.54. The number of nitrogens with zero attached hydrogens (tertiary/aromatic N) is 2. The van der Waals surface area contributed by atoms with Gasteiger partial charge in [-0.25, -0.2) is 9.97 Å². The van der Waals surface area contributed by atoms with Crippen LogP contribution < -0.4 is 5.32 Å². The van der Waals surface area contributed by atoms with E-state index >= 15 is 0 Å². The summed E-state index contributed by atoms with van der Waals surface area (Å²) in [5.41, 5.74) is -0.769. The number of hydrogen-bond donors (Lipinski definition) is 2. The van der Waals surface area contributed by atoms with Crippen LogP contribution in [0.2, 0.25) is 5.02 Å². The van der Waals surface area contributed by atoms with Crippen LogP contribution in [-0.2, 0) is 9.53 Å². The van der Waals surface area contributed by atoms with E-state index < -0.39 is 17.4 Å². The molecular weight excluding hydrogens is 322 g/mol. The number of rotatable bonds is 5. The van der Waals surface area contributed by atoms with E-state index in [1.807, 2.05) is 13.8 Å². The molecule has 1 aromatic rings. The smallest absolute Gasteiger partial charge is 0.305 e. The van der Waals surface area contributed by atoms with Crippen molar-refractivity contribution in [1.29, 1.82) is 0 Å². The Morgan fingerprint density at radius 1 is 1.43 bits per heavy atom. The summed E-state index contributed by atoms with van der Waals surface area (Å²) in [4.78, 5) is 32.0. The predicted molar refractivity (Wildman–Crippen MR) is 83.6 cm³/mol. The fourth-order valence-corrected chi connectivity index (χ4v) is 2.69. The Bertz CT molecular complexity index is 600. The van der Waals surface area contributed by atoms with Crippen LogP contribution in [0.25, 0.3) is 0 Å².